The first-order chi connectivity index (χ1) is 14.2. The molecule has 0 aromatic heterocycles. The van der Waals surface area contributed by atoms with Gasteiger partial charge in [-0.25, -0.2) is 0 Å². The fourth-order valence-electron chi connectivity index (χ4n) is 2.32. The van der Waals surface area contributed by atoms with Crippen LogP contribution in [0.2, 0.25) is 5.02 Å². The van der Waals surface area contributed by atoms with Gasteiger partial charge in [0.05, 0.1) is 11.3 Å². The van der Waals surface area contributed by atoms with Gasteiger partial charge in [0.1, 0.15) is 11.5 Å². The molecule has 0 spiro atoms. The molecule has 2 aromatic carbocycles. The van der Waals surface area contributed by atoms with Crippen molar-refractivity contribution in [2.24, 2.45) is 0 Å². The molecule has 2 N–H and O–H groups in total. The average molecular weight is 447 g/mol. The maximum absolute atomic E-state index is 12.8. The molecule has 0 saturated carbocycles. The summed E-state index contributed by atoms with van der Waals surface area (Å²) in [4.78, 5) is 24.3. The van der Waals surface area contributed by atoms with Crippen molar-refractivity contribution < 1.29 is 36.6 Å². The van der Waals surface area contributed by atoms with E-state index < -0.39 is 30.8 Å². The number of rotatable bonds is 8. The van der Waals surface area contributed by atoms with Gasteiger partial charge in [-0.3, -0.25) is 9.59 Å². The number of carbonyl (C=O) groups excluding carboxylic acids is 2. The number of halogens is 5. The lowest BCUT2D eigenvalue weighted by Crippen LogP contribution is -2.21. The summed E-state index contributed by atoms with van der Waals surface area (Å²) in [7, 11) is 1.38. The number of anilines is 1. The standard InChI is InChI=1S/C19H15ClF4N2O4/c1-25-17(28)13-8-11(20)4-7-14(13)26-16(27)9-15(30-19(23)24)10-2-5-12(6-3-10)29-18(21)22/h2-9,18-19H,1H3,(H,25,28)(H,26,27)/b15-9+. The fourth-order valence-corrected chi connectivity index (χ4v) is 2.49. The van der Waals surface area contributed by atoms with Gasteiger partial charge < -0.3 is 20.1 Å². The van der Waals surface area contributed by atoms with E-state index in [1.165, 1.54) is 25.2 Å². The normalized spacial score (nSPS) is 11.4. The fraction of sp³-hybridized carbons (Fsp3) is 0.158. The second-order valence-corrected chi connectivity index (χ2v) is 5.98. The van der Waals surface area contributed by atoms with Crippen molar-refractivity contribution in [2.45, 2.75) is 13.2 Å². The summed E-state index contributed by atoms with van der Waals surface area (Å²) in [5.41, 5.74) is 0.142. The Hall–Kier alpha value is -3.27. The van der Waals surface area contributed by atoms with Gasteiger partial charge in [-0.2, -0.15) is 17.6 Å². The number of carbonyl (C=O) groups is 2. The molecular formula is C19H15ClF4N2O4. The summed E-state index contributed by atoms with van der Waals surface area (Å²) in [5.74, 6) is -2.14. The first kappa shape index (κ1) is 23.0. The predicted octanol–water partition coefficient (Wildman–Crippen LogP) is 4.52. The molecule has 160 valence electrons. The molecule has 0 atom stereocenters. The third-order valence-corrected chi connectivity index (χ3v) is 3.79. The van der Waals surface area contributed by atoms with Crippen LogP contribution in [0.25, 0.3) is 5.76 Å². The molecule has 0 aliphatic rings. The van der Waals surface area contributed by atoms with E-state index >= 15 is 0 Å². The van der Waals surface area contributed by atoms with Gasteiger partial charge in [0.25, 0.3) is 11.8 Å². The van der Waals surface area contributed by atoms with Crippen molar-refractivity contribution in [3.05, 3.63) is 64.7 Å². The van der Waals surface area contributed by atoms with Crippen LogP contribution in [-0.4, -0.2) is 32.1 Å². The van der Waals surface area contributed by atoms with E-state index in [2.05, 4.69) is 20.1 Å². The van der Waals surface area contributed by atoms with Crippen LogP contribution >= 0.6 is 11.6 Å². The monoisotopic (exact) mass is 446 g/mol. The van der Waals surface area contributed by atoms with Crippen LogP contribution in [0.15, 0.2) is 48.5 Å². The number of amides is 2. The molecular weight excluding hydrogens is 432 g/mol. The van der Waals surface area contributed by atoms with Crippen LogP contribution in [0.4, 0.5) is 23.2 Å². The summed E-state index contributed by atoms with van der Waals surface area (Å²) in [6.07, 6.45) is 0.734. The van der Waals surface area contributed by atoms with Crippen LogP contribution in [0.1, 0.15) is 15.9 Å². The molecule has 11 heteroatoms. The Morgan fingerprint density at radius 1 is 1.03 bits per heavy atom. The SMILES string of the molecule is CNC(=O)c1cc(Cl)ccc1NC(=O)/C=C(/OC(F)F)c1ccc(OC(F)F)cc1. The Labute approximate surface area is 173 Å². The van der Waals surface area contributed by atoms with Gasteiger partial charge in [0.15, 0.2) is 0 Å². The molecule has 30 heavy (non-hydrogen) atoms. The number of ether oxygens (including phenoxy) is 2. The van der Waals surface area contributed by atoms with Crippen molar-refractivity contribution in [3.63, 3.8) is 0 Å². The van der Waals surface area contributed by atoms with Crippen molar-refractivity contribution in [2.75, 3.05) is 12.4 Å². The maximum atomic E-state index is 12.8. The highest BCUT2D eigenvalue weighted by atomic mass is 35.5. The first-order valence-corrected chi connectivity index (χ1v) is 8.61. The topological polar surface area (TPSA) is 76.7 Å². The van der Waals surface area contributed by atoms with Gasteiger partial charge in [-0.15, -0.1) is 0 Å². The summed E-state index contributed by atoms with van der Waals surface area (Å²) >= 11 is 5.86. The quantitative estimate of drug-likeness (QED) is 0.355. The van der Waals surface area contributed by atoms with Crippen molar-refractivity contribution in [1.82, 2.24) is 5.32 Å². The third kappa shape index (κ3) is 6.66. The molecule has 0 radical (unpaired) electrons. The van der Waals surface area contributed by atoms with Gasteiger partial charge >= 0.3 is 13.2 Å². The number of nitrogens with one attached hydrogen (secondary N) is 2. The number of benzene rings is 2. The molecule has 2 aromatic rings. The Kier molecular flexibility index (Phi) is 8.05. The lowest BCUT2D eigenvalue weighted by molar-refractivity contribution is -0.112. The maximum Gasteiger partial charge on any atom is 0.387 e. The molecule has 0 aliphatic carbocycles. The van der Waals surface area contributed by atoms with Crippen molar-refractivity contribution in [3.8, 4) is 5.75 Å². The van der Waals surface area contributed by atoms with Gasteiger partial charge in [0, 0.05) is 23.7 Å². The summed E-state index contributed by atoms with van der Waals surface area (Å²) in [6.45, 7) is -6.30. The Balaban J connectivity index is 2.29. The Bertz CT molecular complexity index is 937. The zero-order valence-electron chi connectivity index (χ0n) is 15.3. The summed E-state index contributed by atoms with van der Waals surface area (Å²) < 4.78 is 58.5. The van der Waals surface area contributed by atoms with Crippen LogP contribution in [0.3, 0.4) is 0 Å². The van der Waals surface area contributed by atoms with Crippen molar-refractivity contribution in [1.29, 1.82) is 0 Å². The second-order valence-electron chi connectivity index (χ2n) is 5.55. The summed E-state index contributed by atoms with van der Waals surface area (Å²) in [5, 5.41) is 5.01. The average Bonchev–Trinajstić information content (AvgIpc) is 2.68. The summed E-state index contributed by atoms with van der Waals surface area (Å²) in [6, 6.07) is 8.64. The largest absolute Gasteiger partial charge is 0.435 e. The van der Waals surface area contributed by atoms with Gasteiger partial charge in [-0.05, 0) is 42.5 Å². The van der Waals surface area contributed by atoms with Crippen molar-refractivity contribution >= 4 is 34.9 Å². The molecule has 2 rings (SSSR count). The highest BCUT2D eigenvalue weighted by Gasteiger charge is 2.16. The predicted molar refractivity (Wildman–Crippen MR) is 102 cm³/mol. The van der Waals surface area contributed by atoms with E-state index in [9.17, 15) is 27.2 Å². The highest BCUT2D eigenvalue weighted by Crippen LogP contribution is 2.24. The van der Waals surface area contributed by atoms with E-state index in [4.69, 9.17) is 11.6 Å². The van der Waals surface area contributed by atoms with Crippen LogP contribution in [0, 0.1) is 0 Å². The smallest absolute Gasteiger partial charge is 0.387 e. The van der Waals surface area contributed by atoms with Crippen LogP contribution in [-0.2, 0) is 9.53 Å². The number of alkyl halides is 4. The third-order valence-electron chi connectivity index (χ3n) is 3.55. The minimum Gasteiger partial charge on any atom is -0.435 e. The molecule has 0 saturated heterocycles. The minimum absolute atomic E-state index is 0.00898. The first-order valence-electron chi connectivity index (χ1n) is 8.24. The Morgan fingerprint density at radius 2 is 1.70 bits per heavy atom. The lowest BCUT2D eigenvalue weighted by Gasteiger charge is -2.12. The van der Waals surface area contributed by atoms with Crippen LogP contribution in [0.5, 0.6) is 5.75 Å². The van der Waals surface area contributed by atoms with E-state index in [0.717, 1.165) is 30.3 Å². The second kappa shape index (κ2) is 10.5. The molecule has 0 aliphatic heterocycles. The van der Waals surface area contributed by atoms with Gasteiger partial charge in [-0.1, -0.05) is 11.6 Å². The molecule has 0 unspecified atom stereocenters. The molecule has 0 heterocycles. The van der Waals surface area contributed by atoms with Gasteiger partial charge in [0.2, 0.25) is 0 Å². The van der Waals surface area contributed by atoms with Crippen LogP contribution < -0.4 is 15.4 Å². The molecule has 0 fully saturated rings. The van der Waals surface area contributed by atoms with E-state index in [1.807, 2.05) is 0 Å². The zero-order valence-corrected chi connectivity index (χ0v) is 16.1. The number of hydrogen-bond acceptors (Lipinski definition) is 4. The Morgan fingerprint density at radius 3 is 2.27 bits per heavy atom. The van der Waals surface area contributed by atoms with E-state index in [0.29, 0.717) is 0 Å². The molecule has 0 bridgehead atoms. The molecule has 6 nitrogen and oxygen atoms in total. The highest BCUT2D eigenvalue weighted by molar-refractivity contribution is 6.31. The zero-order chi connectivity index (χ0) is 22.3. The minimum atomic E-state index is -3.25. The molecule has 2 amide bonds. The lowest BCUT2D eigenvalue weighted by atomic mass is 10.1. The van der Waals surface area contributed by atoms with E-state index in [-0.39, 0.29) is 27.6 Å². The number of hydrogen-bond donors (Lipinski definition) is 2. The van der Waals surface area contributed by atoms with E-state index in [1.54, 1.807) is 0 Å².